The SMILES string of the molecule is N[C@]12CCCC[C@H]1Cc1c(O)cccc12. The fourth-order valence-electron chi connectivity index (χ4n) is 3.38. The van der Waals surface area contributed by atoms with Gasteiger partial charge in [-0.3, -0.25) is 0 Å². The molecular weight excluding hydrogens is 186 g/mol. The molecule has 0 radical (unpaired) electrons. The standard InChI is InChI=1S/C13H17NO/c14-13-7-2-1-4-9(13)8-10-11(13)5-3-6-12(10)15/h3,5-6,9,15H,1-2,4,7-8,14H2/t9-,13+/m0/s1. The first kappa shape index (κ1) is 9.22. The van der Waals surface area contributed by atoms with E-state index in [4.69, 9.17) is 5.73 Å². The van der Waals surface area contributed by atoms with E-state index < -0.39 is 0 Å². The highest BCUT2D eigenvalue weighted by molar-refractivity contribution is 5.48. The number of aromatic hydroxyl groups is 1. The summed E-state index contributed by atoms with van der Waals surface area (Å²) in [4.78, 5) is 0. The highest BCUT2D eigenvalue weighted by Gasteiger charge is 2.45. The molecule has 0 heterocycles. The molecule has 0 spiro atoms. The van der Waals surface area contributed by atoms with Crippen molar-refractivity contribution in [1.82, 2.24) is 0 Å². The van der Waals surface area contributed by atoms with Gasteiger partial charge in [0.05, 0.1) is 0 Å². The lowest BCUT2D eigenvalue weighted by molar-refractivity contribution is 0.211. The van der Waals surface area contributed by atoms with Gasteiger partial charge in [-0.15, -0.1) is 0 Å². The monoisotopic (exact) mass is 203 g/mol. The van der Waals surface area contributed by atoms with Gasteiger partial charge >= 0.3 is 0 Å². The van der Waals surface area contributed by atoms with Gasteiger partial charge in [0.25, 0.3) is 0 Å². The highest BCUT2D eigenvalue weighted by atomic mass is 16.3. The van der Waals surface area contributed by atoms with Gasteiger partial charge in [0, 0.05) is 5.54 Å². The van der Waals surface area contributed by atoms with Crippen LogP contribution in [-0.4, -0.2) is 5.11 Å². The van der Waals surface area contributed by atoms with E-state index in [-0.39, 0.29) is 5.54 Å². The molecule has 1 saturated carbocycles. The van der Waals surface area contributed by atoms with E-state index in [9.17, 15) is 5.11 Å². The summed E-state index contributed by atoms with van der Waals surface area (Å²) < 4.78 is 0. The maximum absolute atomic E-state index is 9.84. The summed E-state index contributed by atoms with van der Waals surface area (Å²) in [6.45, 7) is 0. The van der Waals surface area contributed by atoms with Crippen LogP contribution in [0.15, 0.2) is 18.2 Å². The van der Waals surface area contributed by atoms with Crippen molar-refractivity contribution >= 4 is 0 Å². The van der Waals surface area contributed by atoms with Crippen molar-refractivity contribution < 1.29 is 5.11 Å². The minimum atomic E-state index is -0.147. The molecule has 80 valence electrons. The van der Waals surface area contributed by atoms with Crippen molar-refractivity contribution in [3.05, 3.63) is 29.3 Å². The minimum absolute atomic E-state index is 0.147. The van der Waals surface area contributed by atoms with Crippen LogP contribution >= 0.6 is 0 Å². The van der Waals surface area contributed by atoms with Crippen molar-refractivity contribution in [2.75, 3.05) is 0 Å². The summed E-state index contributed by atoms with van der Waals surface area (Å²) in [7, 11) is 0. The number of hydrogen-bond acceptors (Lipinski definition) is 2. The lowest BCUT2D eigenvalue weighted by Crippen LogP contribution is -2.43. The molecule has 0 aliphatic heterocycles. The third-order valence-electron chi connectivity index (χ3n) is 4.22. The molecule has 2 nitrogen and oxygen atoms in total. The number of nitrogens with two attached hydrogens (primary N) is 1. The van der Waals surface area contributed by atoms with Crippen molar-refractivity contribution in [3.63, 3.8) is 0 Å². The fourth-order valence-corrected chi connectivity index (χ4v) is 3.38. The molecule has 2 atom stereocenters. The number of hydrogen-bond donors (Lipinski definition) is 2. The second-order valence-electron chi connectivity index (χ2n) is 4.99. The number of phenolic OH excluding ortho intramolecular Hbond substituents is 1. The Labute approximate surface area is 90.1 Å². The normalized spacial score (nSPS) is 33.5. The van der Waals surface area contributed by atoms with E-state index in [0.717, 1.165) is 18.4 Å². The van der Waals surface area contributed by atoms with Crippen molar-refractivity contribution in [3.8, 4) is 5.75 Å². The average Bonchev–Trinajstić information content (AvgIpc) is 2.53. The number of rotatable bonds is 0. The second-order valence-corrected chi connectivity index (χ2v) is 4.99. The fraction of sp³-hybridized carbons (Fsp3) is 0.538. The van der Waals surface area contributed by atoms with Crippen LogP contribution in [0.2, 0.25) is 0 Å². The van der Waals surface area contributed by atoms with Crippen LogP contribution in [0.3, 0.4) is 0 Å². The van der Waals surface area contributed by atoms with Gasteiger partial charge in [-0.2, -0.15) is 0 Å². The third-order valence-corrected chi connectivity index (χ3v) is 4.22. The number of phenols is 1. The molecule has 1 aromatic carbocycles. The first-order valence-corrected chi connectivity index (χ1v) is 5.82. The average molecular weight is 203 g/mol. The van der Waals surface area contributed by atoms with Gasteiger partial charge in [0.15, 0.2) is 0 Å². The van der Waals surface area contributed by atoms with Crippen LogP contribution in [0.25, 0.3) is 0 Å². The lowest BCUT2D eigenvalue weighted by Gasteiger charge is -2.36. The van der Waals surface area contributed by atoms with Crippen molar-refractivity contribution in [1.29, 1.82) is 0 Å². The summed E-state index contributed by atoms with van der Waals surface area (Å²) in [6.07, 6.45) is 5.78. The Balaban J connectivity index is 2.14. The molecule has 2 aliphatic carbocycles. The summed E-state index contributed by atoms with van der Waals surface area (Å²) in [5, 5.41) is 9.84. The Hall–Kier alpha value is -1.02. The van der Waals surface area contributed by atoms with Gasteiger partial charge in [0.1, 0.15) is 5.75 Å². The molecule has 2 heteroatoms. The molecule has 0 saturated heterocycles. The van der Waals surface area contributed by atoms with E-state index in [1.165, 1.54) is 24.8 Å². The Morgan fingerprint density at radius 1 is 1.33 bits per heavy atom. The highest BCUT2D eigenvalue weighted by Crippen LogP contribution is 2.50. The zero-order chi connectivity index (χ0) is 10.5. The summed E-state index contributed by atoms with van der Waals surface area (Å²) in [6, 6.07) is 5.79. The molecule has 0 aromatic heterocycles. The molecule has 0 unspecified atom stereocenters. The Morgan fingerprint density at radius 2 is 2.20 bits per heavy atom. The lowest BCUT2D eigenvalue weighted by atomic mass is 9.73. The zero-order valence-corrected chi connectivity index (χ0v) is 8.87. The molecule has 1 aromatic rings. The van der Waals surface area contributed by atoms with E-state index >= 15 is 0 Å². The Bertz CT molecular complexity index is 402. The largest absolute Gasteiger partial charge is 0.508 e. The molecule has 15 heavy (non-hydrogen) atoms. The van der Waals surface area contributed by atoms with E-state index in [0.29, 0.717) is 11.7 Å². The van der Waals surface area contributed by atoms with E-state index in [1.54, 1.807) is 6.07 Å². The molecule has 3 rings (SSSR count). The first-order chi connectivity index (χ1) is 7.22. The first-order valence-electron chi connectivity index (χ1n) is 5.82. The van der Waals surface area contributed by atoms with Crippen LogP contribution in [0.5, 0.6) is 5.75 Å². The van der Waals surface area contributed by atoms with Crippen LogP contribution < -0.4 is 5.73 Å². The van der Waals surface area contributed by atoms with Crippen molar-refractivity contribution in [2.24, 2.45) is 11.7 Å². The van der Waals surface area contributed by atoms with Crippen molar-refractivity contribution in [2.45, 2.75) is 37.6 Å². The quantitative estimate of drug-likeness (QED) is 0.679. The summed E-state index contributed by atoms with van der Waals surface area (Å²) in [5.74, 6) is 0.987. The van der Waals surface area contributed by atoms with E-state index in [1.807, 2.05) is 6.07 Å². The maximum Gasteiger partial charge on any atom is 0.119 e. The molecule has 0 bridgehead atoms. The topological polar surface area (TPSA) is 46.2 Å². The number of fused-ring (bicyclic) bond motifs is 3. The molecule has 3 N–H and O–H groups in total. The van der Waals surface area contributed by atoms with Gasteiger partial charge in [0.2, 0.25) is 0 Å². The maximum atomic E-state index is 9.84. The Kier molecular flexibility index (Phi) is 1.84. The summed E-state index contributed by atoms with van der Waals surface area (Å²) in [5.41, 5.74) is 8.69. The Morgan fingerprint density at radius 3 is 3.07 bits per heavy atom. The summed E-state index contributed by atoms with van der Waals surface area (Å²) >= 11 is 0. The van der Waals surface area contributed by atoms with Gasteiger partial charge in [-0.1, -0.05) is 25.0 Å². The van der Waals surface area contributed by atoms with Crippen LogP contribution in [0.4, 0.5) is 0 Å². The van der Waals surface area contributed by atoms with Gasteiger partial charge in [-0.05, 0) is 42.4 Å². The minimum Gasteiger partial charge on any atom is -0.508 e. The zero-order valence-electron chi connectivity index (χ0n) is 8.87. The smallest absolute Gasteiger partial charge is 0.119 e. The van der Waals surface area contributed by atoms with Gasteiger partial charge in [-0.25, -0.2) is 0 Å². The molecule has 1 fully saturated rings. The second kappa shape index (κ2) is 2.99. The van der Waals surface area contributed by atoms with Gasteiger partial charge < -0.3 is 10.8 Å². The number of benzene rings is 1. The van der Waals surface area contributed by atoms with Crippen LogP contribution in [0.1, 0.15) is 36.8 Å². The predicted octanol–water partition coefficient (Wildman–Crippen LogP) is 2.29. The van der Waals surface area contributed by atoms with Crippen LogP contribution in [0, 0.1) is 5.92 Å². The predicted molar refractivity (Wildman–Crippen MR) is 59.6 cm³/mol. The molecule has 2 aliphatic rings. The van der Waals surface area contributed by atoms with Crippen LogP contribution in [-0.2, 0) is 12.0 Å². The molecule has 0 amide bonds. The molecular formula is C13H17NO. The van der Waals surface area contributed by atoms with E-state index in [2.05, 4.69) is 6.07 Å². The third kappa shape index (κ3) is 1.14.